The summed E-state index contributed by atoms with van der Waals surface area (Å²) in [5, 5.41) is 3.12. The Morgan fingerprint density at radius 2 is 2.50 bits per heavy atom. The third kappa shape index (κ3) is 2.67. The van der Waals surface area contributed by atoms with Gasteiger partial charge in [0.05, 0.1) is 11.6 Å². The molecular formula is C11H18ClN3S. The number of alkyl halides is 1. The zero-order chi connectivity index (χ0) is 11.5. The van der Waals surface area contributed by atoms with Gasteiger partial charge in [0.1, 0.15) is 0 Å². The molecule has 0 aromatic carbocycles. The minimum Gasteiger partial charge on any atom is -0.350 e. The second-order valence-electron chi connectivity index (χ2n) is 4.41. The van der Waals surface area contributed by atoms with Crippen LogP contribution >= 0.6 is 22.9 Å². The molecule has 1 aliphatic rings. The van der Waals surface area contributed by atoms with Crippen molar-refractivity contribution < 1.29 is 0 Å². The van der Waals surface area contributed by atoms with Crippen LogP contribution in [0.2, 0.25) is 0 Å². The van der Waals surface area contributed by atoms with Gasteiger partial charge >= 0.3 is 0 Å². The molecule has 0 amide bonds. The first-order valence-electron chi connectivity index (χ1n) is 5.62. The first kappa shape index (κ1) is 12.1. The summed E-state index contributed by atoms with van der Waals surface area (Å²) in [5.74, 6) is 0.508. The first-order valence-corrected chi connectivity index (χ1v) is 7.04. The van der Waals surface area contributed by atoms with E-state index in [2.05, 4.69) is 28.9 Å². The largest absolute Gasteiger partial charge is 0.350 e. The van der Waals surface area contributed by atoms with Gasteiger partial charge in [0.2, 0.25) is 0 Å². The maximum absolute atomic E-state index is 5.76. The lowest BCUT2D eigenvalue weighted by Crippen LogP contribution is -2.36. The Morgan fingerprint density at radius 3 is 3.06 bits per heavy atom. The Kier molecular flexibility index (Phi) is 4.05. The molecule has 5 heteroatoms. The third-order valence-electron chi connectivity index (χ3n) is 3.16. The molecule has 3 nitrogen and oxygen atoms in total. The van der Waals surface area contributed by atoms with Gasteiger partial charge in [-0.3, -0.25) is 0 Å². The number of anilines is 1. The summed E-state index contributed by atoms with van der Waals surface area (Å²) in [5.41, 5.74) is 0.980. The van der Waals surface area contributed by atoms with Gasteiger partial charge in [-0.05, 0) is 26.4 Å². The van der Waals surface area contributed by atoms with Crippen LogP contribution in [0.15, 0.2) is 5.38 Å². The Bertz CT molecular complexity index is 342. The Hall–Kier alpha value is -0.320. The fraction of sp³-hybridized carbons (Fsp3) is 0.727. The number of halogens is 1. The summed E-state index contributed by atoms with van der Waals surface area (Å²) < 4.78 is 0. The van der Waals surface area contributed by atoms with E-state index in [1.807, 2.05) is 5.38 Å². The van der Waals surface area contributed by atoms with Crippen molar-refractivity contribution >= 4 is 28.1 Å². The quantitative estimate of drug-likeness (QED) is 0.775. The lowest BCUT2D eigenvalue weighted by atomic mass is 10.2. The summed E-state index contributed by atoms with van der Waals surface area (Å²) in [4.78, 5) is 9.17. The highest BCUT2D eigenvalue weighted by molar-refractivity contribution is 7.13. The van der Waals surface area contributed by atoms with Crippen LogP contribution in [0.5, 0.6) is 0 Å². The number of likely N-dealkylation sites (N-methyl/N-ethyl adjacent to an activating group) is 2. The molecule has 0 saturated carbocycles. The fourth-order valence-corrected chi connectivity index (χ4v) is 3.17. The molecule has 0 radical (unpaired) electrons. The van der Waals surface area contributed by atoms with E-state index in [0.717, 1.165) is 17.4 Å². The molecule has 1 aromatic heterocycles. The fourth-order valence-electron chi connectivity index (χ4n) is 2.14. The summed E-state index contributed by atoms with van der Waals surface area (Å²) in [6.45, 7) is 2.29. The van der Waals surface area contributed by atoms with E-state index in [1.165, 1.54) is 19.4 Å². The average molecular weight is 260 g/mol. The van der Waals surface area contributed by atoms with Crippen molar-refractivity contribution in [1.82, 2.24) is 9.88 Å². The highest BCUT2D eigenvalue weighted by Gasteiger charge is 2.22. The summed E-state index contributed by atoms with van der Waals surface area (Å²) in [6.07, 6.45) is 2.62. The zero-order valence-corrected chi connectivity index (χ0v) is 11.4. The van der Waals surface area contributed by atoms with Gasteiger partial charge in [0, 0.05) is 25.0 Å². The molecule has 0 N–H and O–H groups in total. The smallest absolute Gasteiger partial charge is 0.185 e. The van der Waals surface area contributed by atoms with Crippen LogP contribution in [-0.2, 0) is 5.88 Å². The predicted molar refractivity (Wildman–Crippen MR) is 70.6 cm³/mol. The topological polar surface area (TPSA) is 19.4 Å². The van der Waals surface area contributed by atoms with Crippen LogP contribution in [-0.4, -0.2) is 43.1 Å². The molecule has 0 spiro atoms. The van der Waals surface area contributed by atoms with Crippen molar-refractivity contribution in [2.45, 2.75) is 24.8 Å². The van der Waals surface area contributed by atoms with Crippen molar-refractivity contribution in [3.8, 4) is 0 Å². The van der Waals surface area contributed by atoms with Crippen LogP contribution < -0.4 is 4.90 Å². The number of rotatable bonds is 4. The molecule has 1 saturated heterocycles. The van der Waals surface area contributed by atoms with Crippen molar-refractivity contribution in [3.05, 3.63) is 11.1 Å². The normalized spacial score (nSPS) is 21.6. The molecule has 90 valence electrons. The number of hydrogen-bond donors (Lipinski definition) is 0. The number of hydrogen-bond acceptors (Lipinski definition) is 4. The number of aromatic nitrogens is 1. The van der Waals surface area contributed by atoms with Gasteiger partial charge < -0.3 is 9.80 Å². The van der Waals surface area contributed by atoms with Crippen LogP contribution in [0.1, 0.15) is 18.5 Å². The standard InChI is InChI=1S/C11H18ClN3S/c1-14-5-3-4-10(14)7-15(2)11-13-9(6-12)8-16-11/h8,10H,3-7H2,1-2H3. The molecule has 1 atom stereocenters. The monoisotopic (exact) mass is 259 g/mol. The molecular weight excluding hydrogens is 242 g/mol. The second kappa shape index (κ2) is 5.34. The van der Waals surface area contributed by atoms with Gasteiger partial charge in [-0.2, -0.15) is 0 Å². The van der Waals surface area contributed by atoms with Crippen LogP contribution in [0.25, 0.3) is 0 Å². The van der Waals surface area contributed by atoms with Crippen molar-refractivity contribution in [1.29, 1.82) is 0 Å². The maximum Gasteiger partial charge on any atom is 0.185 e. The van der Waals surface area contributed by atoms with E-state index in [0.29, 0.717) is 11.9 Å². The molecule has 1 aliphatic heterocycles. The average Bonchev–Trinajstić information content (AvgIpc) is 2.88. The van der Waals surface area contributed by atoms with Gasteiger partial charge in [0.25, 0.3) is 0 Å². The second-order valence-corrected chi connectivity index (χ2v) is 5.52. The molecule has 2 rings (SSSR count). The Balaban J connectivity index is 1.94. The minimum atomic E-state index is 0.508. The SMILES string of the molecule is CN(CC1CCCN1C)c1nc(CCl)cs1. The number of likely N-dealkylation sites (tertiary alicyclic amines) is 1. The highest BCUT2D eigenvalue weighted by Crippen LogP contribution is 2.23. The molecule has 0 bridgehead atoms. The molecule has 2 heterocycles. The van der Waals surface area contributed by atoms with Gasteiger partial charge in [-0.25, -0.2) is 4.98 Å². The number of thiazole rings is 1. The van der Waals surface area contributed by atoms with Gasteiger partial charge in [-0.15, -0.1) is 22.9 Å². The van der Waals surface area contributed by atoms with E-state index < -0.39 is 0 Å². The summed E-state index contributed by atoms with van der Waals surface area (Å²) in [7, 11) is 4.32. The first-order chi connectivity index (χ1) is 7.70. The predicted octanol–water partition coefficient (Wildman–Crippen LogP) is 2.41. The highest BCUT2D eigenvalue weighted by atomic mass is 35.5. The molecule has 1 aromatic rings. The third-order valence-corrected chi connectivity index (χ3v) is 4.44. The van der Waals surface area contributed by atoms with Crippen LogP contribution in [0.3, 0.4) is 0 Å². The van der Waals surface area contributed by atoms with E-state index in [4.69, 9.17) is 11.6 Å². The van der Waals surface area contributed by atoms with E-state index >= 15 is 0 Å². The maximum atomic E-state index is 5.76. The summed E-state index contributed by atoms with van der Waals surface area (Å²) in [6, 6.07) is 0.674. The van der Waals surface area contributed by atoms with Crippen LogP contribution in [0.4, 0.5) is 5.13 Å². The van der Waals surface area contributed by atoms with E-state index in [9.17, 15) is 0 Å². The van der Waals surface area contributed by atoms with Crippen molar-refractivity contribution in [2.75, 3.05) is 32.1 Å². The van der Waals surface area contributed by atoms with Crippen molar-refractivity contribution in [2.24, 2.45) is 0 Å². The van der Waals surface area contributed by atoms with E-state index in [1.54, 1.807) is 11.3 Å². The van der Waals surface area contributed by atoms with Gasteiger partial charge in [-0.1, -0.05) is 0 Å². The molecule has 0 aliphatic carbocycles. The molecule has 16 heavy (non-hydrogen) atoms. The zero-order valence-electron chi connectivity index (χ0n) is 9.82. The van der Waals surface area contributed by atoms with E-state index in [-0.39, 0.29) is 0 Å². The summed E-state index contributed by atoms with van der Waals surface area (Å²) >= 11 is 7.43. The van der Waals surface area contributed by atoms with Gasteiger partial charge in [0.15, 0.2) is 5.13 Å². The lowest BCUT2D eigenvalue weighted by molar-refractivity contribution is 0.314. The lowest BCUT2D eigenvalue weighted by Gasteiger charge is -2.25. The van der Waals surface area contributed by atoms with Crippen LogP contribution in [0, 0.1) is 0 Å². The Morgan fingerprint density at radius 1 is 1.69 bits per heavy atom. The number of nitrogens with zero attached hydrogens (tertiary/aromatic N) is 3. The molecule has 1 unspecified atom stereocenters. The Labute approximate surface area is 106 Å². The minimum absolute atomic E-state index is 0.508. The molecule has 1 fully saturated rings. The van der Waals surface area contributed by atoms with Crippen molar-refractivity contribution in [3.63, 3.8) is 0 Å².